The van der Waals surface area contributed by atoms with Crippen LogP contribution < -0.4 is 0 Å². The molecule has 0 aliphatic heterocycles. The summed E-state index contributed by atoms with van der Waals surface area (Å²) in [7, 11) is 0. The molecule has 0 aliphatic rings. The van der Waals surface area contributed by atoms with E-state index in [0.717, 1.165) is 4.90 Å². The van der Waals surface area contributed by atoms with E-state index in [9.17, 15) is 13.6 Å². The molecule has 0 radical (unpaired) electrons. The van der Waals surface area contributed by atoms with Gasteiger partial charge in [-0.05, 0) is 28.1 Å². The molecule has 0 bridgehead atoms. The summed E-state index contributed by atoms with van der Waals surface area (Å²) < 4.78 is 29.8. The van der Waals surface area contributed by atoms with Gasteiger partial charge in [0.2, 0.25) is 0 Å². The van der Waals surface area contributed by atoms with Gasteiger partial charge in [0.1, 0.15) is 0 Å². The van der Waals surface area contributed by atoms with Crippen LogP contribution >= 0.6 is 27.5 Å². The van der Waals surface area contributed by atoms with Gasteiger partial charge in [0.25, 0.3) is 12.3 Å². The molecule has 1 rings (SSSR count). The Morgan fingerprint density at radius 3 is 2.69 bits per heavy atom. The number of hydrogen-bond acceptors (Lipinski definition) is 2. The summed E-state index contributed by atoms with van der Waals surface area (Å²) in [5, 5.41) is 0. The fourth-order valence-electron chi connectivity index (χ4n) is 1.13. The molecule has 3 nitrogen and oxygen atoms in total. The average molecular weight is 317 g/mol. The van der Waals surface area contributed by atoms with Crippen LogP contribution in [0, 0.1) is 0 Å². The first-order valence-corrected chi connectivity index (χ1v) is 5.76. The summed E-state index contributed by atoms with van der Waals surface area (Å²) in [6.07, 6.45) is -2.59. The van der Waals surface area contributed by atoms with Crippen molar-refractivity contribution in [2.45, 2.75) is 6.43 Å². The normalized spacial score (nSPS) is 10.8. The molecule has 0 N–H and O–H groups in total. The second kappa shape index (κ2) is 6.20. The van der Waals surface area contributed by atoms with Crippen molar-refractivity contribution in [3.63, 3.8) is 0 Å². The fourth-order valence-corrected chi connectivity index (χ4v) is 1.64. The lowest BCUT2D eigenvalue weighted by atomic mass is 10.3. The van der Waals surface area contributed by atoms with E-state index in [1.54, 1.807) is 0 Å². The van der Waals surface area contributed by atoms with Gasteiger partial charge in [-0.15, -0.1) is 11.6 Å². The summed E-state index contributed by atoms with van der Waals surface area (Å²) in [6.45, 7) is -0.590. The molecule has 1 amide bonds. The Labute approximate surface area is 104 Å². The van der Waals surface area contributed by atoms with Gasteiger partial charge >= 0.3 is 0 Å². The van der Waals surface area contributed by atoms with Gasteiger partial charge in [-0.1, -0.05) is 0 Å². The summed E-state index contributed by atoms with van der Waals surface area (Å²) >= 11 is 8.47. The number of amides is 1. The molecular weight excluding hydrogens is 307 g/mol. The molecule has 16 heavy (non-hydrogen) atoms. The van der Waals surface area contributed by atoms with Crippen LogP contribution in [-0.2, 0) is 0 Å². The van der Waals surface area contributed by atoms with Crippen molar-refractivity contribution in [2.24, 2.45) is 0 Å². The molecule has 1 aromatic rings. The quantitative estimate of drug-likeness (QED) is 0.783. The molecule has 7 heteroatoms. The van der Waals surface area contributed by atoms with Crippen LogP contribution in [0.25, 0.3) is 0 Å². The fraction of sp³-hybridized carbons (Fsp3) is 0.444. The van der Waals surface area contributed by atoms with Crippen LogP contribution in [0.15, 0.2) is 21.2 Å². The van der Waals surface area contributed by atoms with Crippen LogP contribution in [0.4, 0.5) is 8.78 Å². The van der Waals surface area contributed by atoms with Crippen LogP contribution in [-0.4, -0.2) is 36.2 Å². The van der Waals surface area contributed by atoms with Crippen molar-refractivity contribution in [3.05, 3.63) is 22.6 Å². The molecule has 0 aromatic carbocycles. The van der Waals surface area contributed by atoms with E-state index in [-0.39, 0.29) is 18.2 Å². The molecule has 0 atom stereocenters. The Morgan fingerprint density at radius 1 is 1.56 bits per heavy atom. The summed E-state index contributed by atoms with van der Waals surface area (Å²) in [5.41, 5.74) is 0. The Balaban J connectivity index is 2.74. The Hall–Kier alpha value is -0.620. The van der Waals surface area contributed by atoms with Gasteiger partial charge in [-0.3, -0.25) is 4.79 Å². The maximum atomic E-state index is 12.2. The first-order valence-electron chi connectivity index (χ1n) is 4.43. The molecular formula is C9H9BrClF2NO2. The van der Waals surface area contributed by atoms with Gasteiger partial charge in [0.15, 0.2) is 10.4 Å². The number of carbonyl (C=O) groups is 1. The molecule has 0 fully saturated rings. The van der Waals surface area contributed by atoms with E-state index in [0.29, 0.717) is 4.67 Å². The molecule has 0 saturated carbocycles. The van der Waals surface area contributed by atoms with Crippen LogP contribution in [0.2, 0.25) is 0 Å². The topological polar surface area (TPSA) is 33.5 Å². The summed E-state index contributed by atoms with van der Waals surface area (Å²) in [5.74, 6) is -0.482. The summed E-state index contributed by atoms with van der Waals surface area (Å²) in [4.78, 5) is 12.7. The highest BCUT2D eigenvalue weighted by molar-refractivity contribution is 9.10. The predicted octanol–water partition coefficient (Wildman–Crippen LogP) is 2.99. The van der Waals surface area contributed by atoms with Crippen molar-refractivity contribution in [3.8, 4) is 0 Å². The number of hydrogen-bond donors (Lipinski definition) is 0. The standard InChI is InChI=1S/C9H9BrClF2NO2/c10-7-2-1-6(16-7)9(15)14(4-3-11)5-8(12)13/h1-2,8H,3-5H2. The van der Waals surface area contributed by atoms with Gasteiger partial charge in [-0.2, -0.15) is 0 Å². The highest BCUT2D eigenvalue weighted by Gasteiger charge is 2.21. The van der Waals surface area contributed by atoms with Crippen molar-refractivity contribution in [1.82, 2.24) is 4.90 Å². The van der Waals surface area contributed by atoms with Gasteiger partial charge in [0, 0.05) is 12.4 Å². The monoisotopic (exact) mass is 315 g/mol. The van der Waals surface area contributed by atoms with Crippen LogP contribution in [0.5, 0.6) is 0 Å². The molecule has 1 heterocycles. The maximum Gasteiger partial charge on any atom is 0.289 e. The van der Waals surface area contributed by atoms with E-state index in [1.807, 2.05) is 0 Å². The van der Waals surface area contributed by atoms with Gasteiger partial charge in [0.05, 0.1) is 6.54 Å². The SMILES string of the molecule is O=C(c1ccc(Br)o1)N(CCCl)CC(F)F. The lowest BCUT2D eigenvalue weighted by molar-refractivity contribution is 0.0543. The maximum absolute atomic E-state index is 12.2. The highest BCUT2D eigenvalue weighted by atomic mass is 79.9. The van der Waals surface area contributed by atoms with E-state index in [4.69, 9.17) is 16.0 Å². The number of nitrogens with zero attached hydrogens (tertiary/aromatic N) is 1. The molecule has 0 aliphatic carbocycles. The van der Waals surface area contributed by atoms with Crippen LogP contribution in [0.3, 0.4) is 0 Å². The van der Waals surface area contributed by atoms with Crippen molar-refractivity contribution in [1.29, 1.82) is 0 Å². The predicted molar refractivity (Wildman–Crippen MR) is 59.0 cm³/mol. The van der Waals surface area contributed by atoms with Crippen LogP contribution in [0.1, 0.15) is 10.6 Å². The van der Waals surface area contributed by atoms with E-state index in [2.05, 4.69) is 15.9 Å². The van der Waals surface area contributed by atoms with E-state index >= 15 is 0 Å². The number of carbonyl (C=O) groups excluding carboxylic acids is 1. The molecule has 0 saturated heterocycles. The lowest BCUT2D eigenvalue weighted by Crippen LogP contribution is -2.36. The minimum absolute atomic E-state index is 0.0117. The zero-order valence-electron chi connectivity index (χ0n) is 8.13. The average Bonchev–Trinajstić information content (AvgIpc) is 2.62. The van der Waals surface area contributed by atoms with Crippen molar-refractivity contribution < 1.29 is 18.0 Å². The number of furan rings is 1. The molecule has 90 valence electrons. The zero-order valence-corrected chi connectivity index (χ0v) is 10.5. The highest BCUT2D eigenvalue weighted by Crippen LogP contribution is 2.16. The first-order chi connectivity index (χ1) is 7.54. The molecule has 0 spiro atoms. The lowest BCUT2D eigenvalue weighted by Gasteiger charge is -2.19. The Morgan fingerprint density at radius 2 is 2.25 bits per heavy atom. The van der Waals surface area contributed by atoms with E-state index < -0.39 is 18.9 Å². The molecule has 0 unspecified atom stereocenters. The minimum Gasteiger partial charge on any atom is -0.444 e. The van der Waals surface area contributed by atoms with Gasteiger partial charge < -0.3 is 9.32 Å². The van der Waals surface area contributed by atoms with E-state index in [1.165, 1.54) is 12.1 Å². The Bertz CT molecular complexity index is 359. The third-order valence-electron chi connectivity index (χ3n) is 1.78. The van der Waals surface area contributed by atoms with Crippen molar-refractivity contribution >= 4 is 33.4 Å². The first kappa shape index (κ1) is 13.4. The zero-order chi connectivity index (χ0) is 12.1. The second-order valence-electron chi connectivity index (χ2n) is 2.93. The Kier molecular flexibility index (Phi) is 5.21. The number of rotatable bonds is 5. The smallest absolute Gasteiger partial charge is 0.289 e. The third-order valence-corrected chi connectivity index (χ3v) is 2.38. The van der Waals surface area contributed by atoms with Crippen molar-refractivity contribution in [2.75, 3.05) is 19.0 Å². The number of alkyl halides is 3. The largest absolute Gasteiger partial charge is 0.444 e. The summed E-state index contributed by atoms with van der Waals surface area (Å²) in [6, 6.07) is 2.94. The third kappa shape index (κ3) is 3.75. The van der Waals surface area contributed by atoms with Gasteiger partial charge in [-0.25, -0.2) is 8.78 Å². The minimum atomic E-state index is -2.59. The second-order valence-corrected chi connectivity index (χ2v) is 4.09. The molecule has 1 aromatic heterocycles. The number of halogens is 4.